The van der Waals surface area contributed by atoms with E-state index in [-0.39, 0.29) is 25.1 Å². The highest BCUT2D eigenvalue weighted by atomic mass is 32.1. The summed E-state index contributed by atoms with van der Waals surface area (Å²) >= 11 is 2.84. The van der Waals surface area contributed by atoms with Gasteiger partial charge in [0.15, 0.2) is 0 Å². The van der Waals surface area contributed by atoms with Crippen LogP contribution in [0.3, 0.4) is 0 Å². The van der Waals surface area contributed by atoms with Crippen molar-refractivity contribution in [1.29, 1.82) is 0 Å². The minimum atomic E-state index is -0.445. The summed E-state index contributed by atoms with van der Waals surface area (Å²) in [4.78, 5) is 39.9. The lowest BCUT2D eigenvalue weighted by Gasteiger charge is -2.32. The maximum atomic E-state index is 12.7. The molecule has 1 aliphatic heterocycles. The normalized spacial score (nSPS) is 16.5. The van der Waals surface area contributed by atoms with Gasteiger partial charge in [-0.2, -0.15) is 0 Å². The predicted octanol–water partition coefficient (Wildman–Crippen LogP) is 3.80. The van der Waals surface area contributed by atoms with Gasteiger partial charge in [0, 0.05) is 28.4 Å². The van der Waals surface area contributed by atoms with Crippen molar-refractivity contribution in [3.63, 3.8) is 0 Å². The summed E-state index contributed by atoms with van der Waals surface area (Å²) in [5.74, 6) is -0.652. The molecule has 1 fully saturated rings. The number of hydrogen-bond acceptors (Lipinski definition) is 8. The van der Waals surface area contributed by atoms with Gasteiger partial charge in [-0.25, -0.2) is 9.59 Å². The summed E-state index contributed by atoms with van der Waals surface area (Å²) in [7, 11) is 0. The molecule has 10 heteroatoms. The van der Waals surface area contributed by atoms with Gasteiger partial charge in [0.05, 0.1) is 19.8 Å². The number of piperidine rings is 1. The van der Waals surface area contributed by atoms with E-state index in [4.69, 9.17) is 9.47 Å². The van der Waals surface area contributed by atoms with Crippen molar-refractivity contribution in [2.24, 2.45) is 0 Å². The molecule has 0 spiro atoms. The lowest BCUT2D eigenvalue weighted by molar-refractivity contribution is -0.117. The van der Waals surface area contributed by atoms with Gasteiger partial charge in [0.2, 0.25) is 5.91 Å². The molecule has 31 heavy (non-hydrogen) atoms. The van der Waals surface area contributed by atoms with Crippen molar-refractivity contribution in [3.05, 3.63) is 28.5 Å². The Bertz CT molecular complexity index is 897. The number of carbonyl (C=O) groups is 3. The minimum absolute atomic E-state index is 0.0529. The van der Waals surface area contributed by atoms with Gasteiger partial charge in [-0.15, -0.1) is 22.7 Å². The molecule has 0 radical (unpaired) electrons. The smallest absolute Gasteiger partial charge is 0.407 e. The predicted molar refractivity (Wildman–Crippen MR) is 122 cm³/mol. The van der Waals surface area contributed by atoms with Crippen LogP contribution in [-0.4, -0.2) is 61.8 Å². The average molecular weight is 466 g/mol. The van der Waals surface area contributed by atoms with Gasteiger partial charge in [-0.1, -0.05) is 6.07 Å². The number of alkyl carbamates (subject to hydrolysis) is 1. The summed E-state index contributed by atoms with van der Waals surface area (Å²) in [5, 5.41) is 10.0. The lowest BCUT2D eigenvalue weighted by Crippen LogP contribution is -2.49. The number of rotatable bonds is 8. The second kappa shape index (κ2) is 11.3. The maximum Gasteiger partial charge on any atom is 0.407 e. The number of carbonyl (C=O) groups excluding carboxylic acids is 3. The molecule has 2 amide bonds. The quantitative estimate of drug-likeness (QED) is 0.576. The Morgan fingerprint density at radius 2 is 2.00 bits per heavy atom. The van der Waals surface area contributed by atoms with E-state index in [1.165, 1.54) is 22.7 Å². The van der Waals surface area contributed by atoms with Crippen LogP contribution >= 0.6 is 22.7 Å². The fourth-order valence-corrected chi connectivity index (χ4v) is 5.28. The van der Waals surface area contributed by atoms with Crippen LogP contribution in [0.5, 0.6) is 0 Å². The van der Waals surface area contributed by atoms with Gasteiger partial charge in [-0.3, -0.25) is 9.69 Å². The monoisotopic (exact) mass is 465 g/mol. The van der Waals surface area contributed by atoms with E-state index in [9.17, 15) is 14.4 Å². The fourth-order valence-electron chi connectivity index (χ4n) is 3.49. The zero-order valence-electron chi connectivity index (χ0n) is 17.6. The molecule has 2 aromatic rings. The van der Waals surface area contributed by atoms with Crippen LogP contribution in [0, 0.1) is 0 Å². The number of esters is 1. The second-order valence-corrected chi connectivity index (χ2v) is 8.87. The number of thiophene rings is 2. The van der Waals surface area contributed by atoms with Crippen LogP contribution in [0.1, 0.15) is 37.0 Å². The van der Waals surface area contributed by atoms with Crippen LogP contribution < -0.4 is 10.6 Å². The Kier molecular flexibility index (Phi) is 8.44. The molecule has 1 unspecified atom stereocenters. The van der Waals surface area contributed by atoms with Gasteiger partial charge in [0.1, 0.15) is 10.6 Å². The molecule has 8 nitrogen and oxygen atoms in total. The zero-order chi connectivity index (χ0) is 22.2. The van der Waals surface area contributed by atoms with Crippen LogP contribution in [-0.2, 0) is 14.3 Å². The number of nitrogens with zero attached hydrogens (tertiary/aromatic N) is 1. The third-order valence-corrected chi connectivity index (χ3v) is 6.58. The lowest BCUT2D eigenvalue weighted by atomic mass is 10.1. The SMILES string of the molecule is CCOC(=O)NC1CCCN(CC(=O)Nc2scc(-c3cccs3)c2C(=O)OCC)C1. The molecular weight excluding hydrogens is 438 g/mol. The Balaban J connectivity index is 1.65. The largest absolute Gasteiger partial charge is 0.462 e. The first-order valence-electron chi connectivity index (χ1n) is 10.3. The topological polar surface area (TPSA) is 97.0 Å². The Labute approximate surface area is 189 Å². The summed E-state index contributed by atoms with van der Waals surface area (Å²) in [6.45, 7) is 5.61. The zero-order valence-corrected chi connectivity index (χ0v) is 19.3. The van der Waals surface area contributed by atoms with Gasteiger partial charge in [-0.05, 0) is 44.7 Å². The molecule has 0 aliphatic carbocycles. The van der Waals surface area contributed by atoms with Crippen LogP contribution in [0.25, 0.3) is 10.4 Å². The van der Waals surface area contributed by atoms with Crippen molar-refractivity contribution in [2.75, 3.05) is 38.2 Å². The second-order valence-electron chi connectivity index (χ2n) is 7.04. The number of amides is 2. The van der Waals surface area contributed by atoms with Crippen molar-refractivity contribution in [3.8, 4) is 10.4 Å². The van der Waals surface area contributed by atoms with E-state index < -0.39 is 12.1 Å². The molecule has 2 N–H and O–H groups in total. The summed E-state index contributed by atoms with van der Waals surface area (Å²) < 4.78 is 10.2. The molecule has 1 aliphatic rings. The fraction of sp³-hybridized carbons (Fsp3) is 0.476. The van der Waals surface area contributed by atoms with E-state index >= 15 is 0 Å². The Morgan fingerprint density at radius 1 is 1.19 bits per heavy atom. The van der Waals surface area contributed by atoms with Gasteiger partial charge < -0.3 is 20.1 Å². The molecule has 0 bridgehead atoms. The van der Waals surface area contributed by atoms with Gasteiger partial charge in [0.25, 0.3) is 0 Å². The first kappa shape index (κ1) is 23.2. The van der Waals surface area contributed by atoms with Crippen LogP contribution in [0.15, 0.2) is 22.9 Å². The summed E-state index contributed by atoms with van der Waals surface area (Å²) in [6.07, 6.45) is 1.29. The maximum absolute atomic E-state index is 12.7. The van der Waals surface area contributed by atoms with Crippen LogP contribution in [0.4, 0.5) is 9.80 Å². The number of hydrogen-bond donors (Lipinski definition) is 2. The minimum Gasteiger partial charge on any atom is -0.462 e. The third-order valence-electron chi connectivity index (χ3n) is 4.78. The Morgan fingerprint density at radius 3 is 2.71 bits per heavy atom. The van der Waals surface area contributed by atoms with E-state index in [0.29, 0.717) is 23.7 Å². The average Bonchev–Trinajstić information content (AvgIpc) is 3.38. The highest BCUT2D eigenvalue weighted by molar-refractivity contribution is 7.17. The first-order chi connectivity index (χ1) is 15.0. The molecule has 1 atom stereocenters. The Hall–Kier alpha value is -2.43. The first-order valence-corrected chi connectivity index (χ1v) is 12.1. The molecule has 1 saturated heterocycles. The summed E-state index contributed by atoms with van der Waals surface area (Å²) in [6, 6.07) is 3.80. The molecule has 3 rings (SSSR count). The molecule has 2 aromatic heterocycles. The molecular formula is C21H27N3O5S2. The van der Waals surface area contributed by atoms with E-state index in [2.05, 4.69) is 10.6 Å². The van der Waals surface area contributed by atoms with Gasteiger partial charge >= 0.3 is 12.1 Å². The number of ether oxygens (including phenoxy) is 2. The summed E-state index contributed by atoms with van der Waals surface area (Å²) in [5.41, 5.74) is 1.16. The highest BCUT2D eigenvalue weighted by Gasteiger charge is 2.26. The van der Waals surface area contributed by atoms with Crippen molar-refractivity contribution >= 4 is 45.6 Å². The third kappa shape index (κ3) is 6.28. The number of anilines is 1. The molecule has 0 aromatic carbocycles. The van der Waals surface area contributed by atoms with Crippen molar-refractivity contribution in [2.45, 2.75) is 32.7 Å². The van der Waals surface area contributed by atoms with Crippen LogP contribution in [0.2, 0.25) is 0 Å². The van der Waals surface area contributed by atoms with E-state index in [1.807, 2.05) is 27.8 Å². The number of nitrogens with one attached hydrogen (secondary N) is 2. The van der Waals surface area contributed by atoms with E-state index in [0.717, 1.165) is 29.8 Å². The number of likely N-dealkylation sites (tertiary alicyclic amines) is 1. The highest BCUT2D eigenvalue weighted by Crippen LogP contribution is 2.38. The molecule has 168 valence electrons. The van der Waals surface area contributed by atoms with E-state index in [1.54, 1.807) is 13.8 Å². The van der Waals surface area contributed by atoms with Crippen molar-refractivity contribution < 1.29 is 23.9 Å². The molecule has 3 heterocycles. The van der Waals surface area contributed by atoms with Crippen molar-refractivity contribution in [1.82, 2.24) is 10.2 Å². The molecule has 0 saturated carbocycles. The standard InChI is InChI=1S/C21H27N3O5S2/c1-3-28-20(26)18-15(16-8-6-10-30-16)13-31-19(18)23-17(25)12-24-9-5-7-14(11-24)22-21(27)29-4-2/h6,8,10,13-14H,3-5,7,9,11-12H2,1-2H3,(H,22,27)(H,23,25).